The van der Waals surface area contributed by atoms with Crippen LogP contribution in [0.2, 0.25) is 0 Å². The lowest BCUT2D eigenvalue weighted by Gasteiger charge is -2.25. The van der Waals surface area contributed by atoms with Crippen LogP contribution in [0, 0.1) is 6.92 Å². The van der Waals surface area contributed by atoms with Crippen molar-refractivity contribution in [3.8, 4) is 5.75 Å². The fourth-order valence-electron chi connectivity index (χ4n) is 2.49. The average molecular weight is 391 g/mol. The molecular weight excluding hydrogens is 364 g/mol. The van der Waals surface area contributed by atoms with Gasteiger partial charge in [0.1, 0.15) is 12.3 Å². The second kappa shape index (κ2) is 8.90. The summed E-state index contributed by atoms with van der Waals surface area (Å²) in [5.74, 6) is 0.0320. The highest BCUT2D eigenvalue weighted by atomic mass is 32.2. The molecule has 0 aliphatic rings. The van der Waals surface area contributed by atoms with Gasteiger partial charge in [0.2, 0.25) is 15.9 Å². The van der Waals surface area contributed by atoms with Crippen molar-refractivity contribution in [3.05, 3.63) is 59.7 Å². The highest BCUT2D eigenvalue weighted by Crippen LogP contribution is 2.30. The van der Waals surface area contributed by atoms with E-state index in [1.54, 1.807) is 24.3 Å². The summed E-state index contributed by atoms with van der Waals surface area (Å²) in [6, 6.07) is 14.6. The van der Waals surface area contributed by atoms with Crippen LogP contribution in [0.3, 0.4) is 0 Å². The SMILES string of the molecule is Cc1ccc(CNC(=O)CN(c2ccccc2OC(C)C)S(C)(=O)=O)cc1. The largest absolute Gasteiger partial charge is 0.489 e. The number of carbonyl (C=O) groups excluding carboxylic acids is 1. The van der Waals surface area contributed by atoms with Gasteiger partial charge in [-0.2, -0.15) is 0 Å². The zero-order valence-electron chi connectivity index (χ0n) is 16.1. The molecule has 146 valence electrons. The van der Waals surface area contributed by atoms with E-state index in [9.17, 15) is 13.2 Å². The lowest BCUT2D eigenvalue weighted by atomic mass is 10.1. The summed E-state index contributed by atoms with van der Waals surface area (Å²) in [5.41, 5.74) is 2.43. The molecular formula is C20H26N2O4S. The molecule has 2 aromatic carbocycles. The van der Waals surface area contributed by atoms with Crippen LogP contribution in [0.1, 0.15) is 25.0 Å². The standard InChI is InChI=1S/C20H26N2O4S/c1-15(2)26-19-8-6-5-7-18(19)22(27(4,24)25)14-20(23)21-13-17-11-9-16(3)10-12-17/h5-12,15H,13-14H2,1-4H3,(H,21,23). The van der Waals surface area contributed by atoms with Gasteiger partial charge in [-0.3, -0.25) is 9.10 Å². The van der Waals surface area contributed by atoms with Gasteiger partial charge in [-0.1, -0.05) is 42.0 Å². The van der Waals surface area contributed by atoms with Crippen LogP contribution in [-0.2, 0) is 21.4 Å². The highest BCUT2D eigenvalue weighted by Gasteiger charge is 2.24. The highest BCUT2D eigenvalue weighted by molar-refractivity contribution is 7.92. The molecule has 0 aliphatic carbocycles. The van der Waals surface area contributed by atoms with Gasteiger partial charge in [0, 0.05) is 6.54 Å². The number of anilines is 1. The van der Waals surface area contributed by atoms with Crippen molar-refractivity contribution < 1.29 is 17.9 Å². The first kappa shape index (κ1) is 20.8. The first-order valence-corrected chi connectivity index (χ1v) is 10.6. The van der Waals surface area contributed by atoms with E-state index in [-0.39, 0.29) is 18.6 Å². The van der Waals surface area contributed by atoms with E-state index in [0.717, 1.165) is 21.7 Å². The van der Waals surface area contributed by atoms with Crippen molar-refractivity contribution in [2.75, 3.05) is 17.1 Å². The molecule has 0 radical (unpaired) electrons. The van der Waals surface area contributed by atoms with Gasteiger partial charge in [-0.05, 0) is 38.5 Å². The molecule has 0 bridgehead atoms. The normalized spacial score (nSPS) is 11.3. The number of nitrogens with zero attached hydrogens (tertiary/aromatic N) is 1. The third-order valence-corrected chi connectivity index (χ3v) is 4.92. The maximum atomic E-state index is 12.4. The number of sulfonamides is 1. The zero-order chi connectivity index (χ0) is 20.0. The predicted molar refractivity (Wildman–Crippen MR) is 107 cm³/mol. The van der Waals surface area contributed by atoms with Gasteiger partial charge in [0.15, 0.2) is 0 Å². The van der Waals surface area contributed by atoms with E-state index < -0.39 is 10.0 Å². The molecule has 0 spiro atoms. The molecule has 7 heteroatoms. The Morgan fingerprint density at radius 1 is 1.11 bits per heavy atom. The molecule has 0 unspecified atom stereocenters. The summed E-state index contributed by atoms with van der Waals surface area (Å²) >= 11 is 0. The van der Waals surface area contributed by atoms with Crippen LogP contribution < -0.4 is 14.4 Å². The zero-order valence-corrected chi connectivity index (χ0v) is 16.9. The van der Waals surface area contributed by atoms with Crippen molar-refractivity contribution in [1.82, 2.24) is 5.32 Å². The topological polar surface area (TPSA) is 75.7 Å². The minimum atomic E-state index is -3.67. The van der Waals surface area contributed by atoms with E-state index in [1.165, 1.54) is 0 Å². The number of ether oxygens (including phenoxy) is 1. The van der Waals surface area contributed by atoms with E-state index >= 15 is 0 Å². The second-order valence-corrected chi connectivity index (χ2v) is 8.57. The summed E-state index contributed by atoms with van der Waals surface area (Å²) in [4.78, 5) is 12.4. The fraction of sp³-hybridized carbons (Fsp3) is 0.350. The van der Waals surface area contributed by atoms with Crippen LogP contribution in [0.5, 0.6) is 5.75 Å². The number of hydrogen-bond acceptors (Lipinski definition) is 4. The molecule has 0 saturated heterocycles. The molecule has 0 fully saturated rings. The Labute approximate surface area is 161 Å². The Bertz CT molecular complexity index is 877. The first-order chi connectivity index (χ1) is 12.7. The van der Waals surface area contributed by atoms with Crippen LogP contribution >= 0.6 is 0 Å². The van der Waals surface area contributed by atoms with Gasteiger partial charge in [-0.15, -0.1) is 0 Å². The molecule has 1 N–H and O–H groups in total. The molecule has 27 heavy (non-hydrogen) atoms. The maximum absolute atomic E-state index is 12.4. The van der Waals surface area contributed by atoms with Crippen molar-refractivity contribution in [1.29, 1.82) is 0 Å². The summed E-state index contributed by atoms with van der Waals surface area (Å²) in [6.07, 6.45) is 0.954. The molecule has 1 amide bonds. The Morgan fingerprint density at radius 3 is 2.33 bits per heavy atom. The number of hydrogen-bond donors (Lipinski definition) is 1. The fourth-order valence-corrected chi connectivity index (χ4v) is 3.35. The summed E-state index contributed by atoms with van der Waals surface area (Å²) in [5, 5.41) is 2.77. The second-order valence-electron chi connectivity index (χ2n) is 6.67. The number of aryl methyl sites for hydroxylation is 1. The summed E-state index contributed by atoms with van der Waals surface area (Å²) < 4.78 is 31.4. The number of rotatable bonds is 8. The Balaban J connectivity index is 2.16. The number of para-hydroxylation sites is 2. The lowest BCUT2D eigenvalue weighted by Crippen LogP contribution is -2.40. The van der Waals surface area contributed by atoms with E-state index in [1.807, 2.05) is 45.0 Å². The Morgan fingerprint density at radius 2 is 1.74 bits per heavy atom. The smallest absolute Gasteiger partial charge is 0.241 e. The first-order valence-electron chi connectivity index (χ1n) is 8.72. The van der Waals surface area contributed by atoms with Gasteiger partial charge < -0.3 is 10.1 Å². The van der Waals surface area contributed by atoms with E-state index in [4.69, 9.17) is 4.74 Å². The summed E-state index contributed by atoms with van der Waals surface area (Å²) in [6.45, 7) is 5.72. The van der Waals surface area contributed by atoms with Crippen LogP contribution in [0.25, 0.3) is 0 Å². The number of nitrogens with one attached hydrogen (secondary N) is 1. The molecule has 2 aromatic rings. The maximum Gasteiger partial charge on any atom is 0.241 e. The molecule has 0 atom stereocenters. The van der Waals surface area contributed by atoms with Crippen LogP contribution in [-0.4, -0.2) is 33.2 Å². The third kappa shape index (κ3) is 6.29. The van der Waals surface area contributed by atoms with Crippen LogP contribution in [0.15, 0.2) is 48.5 Å². The molecule has 0 aromatic heterocycles. The van der Waals surface area contributed by atoms with Crippen molar-refractivity contribution >= 4 is 21.6 Å². The predicted octanol–water partition coefficient (Wildman–Crippen LogP) is 2.86. The van der Waals surface area contributed by atoms with Crippen LogP contribution in [0.4, 0.5) is 5.69 Å². The van der Waals surface area contributed by atoms with E-state index in [0.29, 0.717) is 18.0 Å². The van der Waals surface area contributed by atoms with Gasteiger partial charge >= 0.3 is 0 Å². The number of amides is 1. The quantitative estimate of drug-likeness (QED) is 0.752. The van der Waals surface area contributed by atoms with Crippen molar-refractivity contribution in [3.63, 3.8) is 0 Å². The van der Waals surface area contributed by atoms with Gasteiger partial charge in [0.25, 0.3) is 0 Å². The Hall–Kier alpha value is -2.54. The molecule has 2 rings (SSSR count). The summed E-state index contributed by atoms with van der Waals surface area (Å²) in [7, 11) is -3.67. The third-order valence-electron chi connectivity index (χ3n) is 3.79. The monoisotopic (exact) mass is 390 g/mol. The lowest BCUT2D eigenvalue weighted by molar-refractivity contribution is -0.119. The minimum Gasteiger partial charge on any atom is -0.489 e. The van der Waals surface area contributed by atoms with Crippen molar-refractivity contribution in [2.24, 2.45) is 0 Å². The average Bonchev–Trinajstić information content (AvgIpc) is 2.58. The van der Waals surface area contributed by atoms with E-state index in [2.05, 4.69) is 5.32 Å². The van der Waals surface area contributed by atoms with Gasteiger partial charge in [0.05, 0.1) is 18.0 Å². The molecule has 0 saturated carbocycles. The molecule has 0 heterocycles. The Kier molecular flexibility index (Phi) is 6.85. The number of benzene rings is 2. The van der Waals surface area contributed by atoms with Crippen molar-refractivity contribution in [2.45, 2.75) is 33.4 Å². The van der Waals surface area contributed by atoms with Gasteiger partial charge in [-0.25, -0.2) is 8.42 Å². The molecule has 6 nitrogen and oxygen atoms in total. The minimum absolute atomic E-state index is 0.122. The number of carbonyl (C=O) groups is 1. The molecule has 0 aliphatic heterocycles.